The van der Waals surface area contributed by atoms with Gasteiger partial charge in [-0.1, -0.05) is 60.7 Å². The van der Waals surface area contributed by atoms with Crippen LogP contribution >= 0.6 is 11.3 Å². The molecule has 2 aliphatic carbocycles. The molecule has 3 aromatic rings. The number of nitro groups is 1. The van der Waals surface area contributed by atoms with Gasteiger partial charge in [-0.05, 0) is 23.9 Å². The van der Waals surface area contributed by atoms with Crippen molar-refractivity contribution in [2.24, 2.45) is 11.3 Å². The maximum absolute atomic E-state index is 15.5. The number of alkyl halides is 3. The van der Waals surface area contributed by atoms with E-state index in [-0.39, 0.29) is 10.4 Å². The molecule has 5 rings (SSSR count). The number of hydrogen-bond donors (Lipinski definition) is 1. The van der Waals surface area contributed by atoms with Gasteiger partial charge in [-0.2, -0.15) is 13.2 Å². The lowest BCUT2D eigenvalue weighted by atomic mass is 9.45. The molecule has 0 aliphatic heterocycles. The highest BCUT2D eigenvalue weighted by atomic mass is 32.1. The average molecular weight is 574 g/mol. The van der Waals surface area contributed by atoms with Gasteiger partial charge in [-0.15, -0.1) is 11.3 Å². The van der Waals surface area contributed by atoms with Crippen molar-refractivity contribution in [3.63, 3.8) is 0 Å². The average Bonchev–Trinajstić information content (AvgIpc) is 3.52. The third-order valence-corrected chi connectivity index (χ3v) is 8.94. The maximum atomic E-state index is 15.5. The van der Waals surface area contributed by atoms with E-state index in [1.54, 1.807) is 0 Å². The van der Waals surface area contributed by atoms with Gasteiger partial charge < -0.3 is 9.84 Å². The summed E-state index contributed by atoms with van der Waals surface area (Å²) in [4.78, 5) is 54.1. The summed E-state index contributed by atoms with van der Waals surface area (Å²) in [7, 11) is 0. The molecule has 1 heterocycles. The molecule has 5 atom stereocenters. The lowest BCUT2D eigenvalue weighted by molar-refractivity contribution is -0.544. The van der Waals surface area contributed by atoms with Crippen molar-refractivity contribution in [1.29, 1.82) is 0 Å². The summed E-state index contributed by atoms with van der Waals surface area (Å²) in [6, 6.07) is 12.5. The van der Waals surface area contributed by atoms with E-state index in [2.05, 4.69) is 0 Å². The first-order valence-corrected chi connectivity index (χ1v) is 13.2. The SMILES string of the molecule is CCOC(=O)[C@H]1[C@@H](c2cccs2)[C@@H]([N+](=O)[O-])[C@H](c2ccccc2)C2(C(=O)c3ccccc3C2=O)[C@]1(O)C(F)(F)F. The predicted molar refractivity (Wildman–Crippen MR) is 136 cm³/mol. The van der Waals surface area contributed by atoms with Gasteiger partial charge in [0.15, 0.2) is 17.2 Å². The maximum Gasteiger partial charge on any atom is 0.419 e. The number of aliphatic hydroxyl groups is 1. The van der Waals surface area contributed by atoms with Crippen molar-refractivity contribution in [3.05, 3.63) is 104 Å². The van der Waals surface area contributed by atoms with Gasteiger partial charge in [0.05, 0.1) is 18.4 Å². The van der Waals surface area contributed by atoms with Crippen LogP contribution in [0.15, 0.2) is 72.1 Å². The molecule has 1 spiro atoms. The van der Waals surface area contributed by atoms with Crippen LogP contribution in [0.1, 0.15) is 49.9 Å². The molecule has 0 unspecified atom stereocenters. The summed E-state index contributed by atoms with van der Waals surface area (Å²) in [5.74, 6) is -11.2. The van der Waals surface area contributed by atoms with Crippen molar-refractivity contribution in [2.75, 3.05) is 6.61 Å². The van der Waals surface area contributed by atoms with Crippen molar-refractivity contribution >= 4 is 28.9 Å². The van der Waals surface area contributed by atoms with E-state index in [1.165, 1.54) is 66.9 Å². The first kappa shape index (κ1) is 27.7. The fraction of sp³-hybridized carbons (Fsp3) is 0.321. The Labute approximate surface area is 229 Å². The zero-order valence-electron chi connectivity index (χ0n) is 20.8. The third-order valence-electron chi connectivity index (χ3n) is 7.97. The normalized spacial score (nSPS) is 27.4. The number of fused-ring (bicyclic) bond motifs is 1. The van der Waals surface area contributed by atoms with E-state index in [0.717, 1.165) is 23.5 Å². The molecule has 1 N–H and O–H groups in total. The minimum absolute atomic E-state index is 0.00591. The Hall–Kier alpha value is -3.90. The number of benzene rings is 2. The fourth-order valence-electron chi connectivity index (χ4n) is 6.56. The number of rotatable bonds is 5. The summed E-state index contributed by atoms with van der Waals surface area (Å²) < 4.78 is 51.6. The molecule has 0 saturated heterocycles. The highest BCUT2D eigenvalue weighted by molar-refractivity contribution is 7.10. The molecule has 2 aliphatic rings. The smallest absolute Gasteiger partial charge is 0.419 e. The van der Waals surface area contributed by atoms with E-state index in [0.29, 0.717) is 0 Å². The molecule has 2 aromatic carbocycles. The molecular formula is C28H22F3NO7S. The number of hydrogen-bond acceptors (Lipinski definition) is 8. The molecule has 1 fully saturated rings. The van der Waals surface area contributed by atoms with Crippen molar-refractivity contribution in [2.45, 2.75) is 36.6 Å². The van der Waals surface area contributed by atoms with Gasteiger partial charge in [0.1, 0.15) is 11.3 Å². The minimum Gasteiger partial charge on any atom is -0.466 e. The zero-order valence-corrected chi connectivity index (χ0v) is 21.6. The minimum atomic E-state index is -5.79. The second-order valence-corrected chi connectivity index (χ2v) is 10.7. The Morgan fingerprint density at radius 1 is 1.02 bits per heavy atom. The molecule has 8 nitrogen and oxygen atoms in total. The van der Waals surface area contributed by atoms with E-state index in [9.17, 15) is 29.6 Å². The molecule has 0 bridgehead atoms. The third kappa shape index (κ3) is 3.51. The van der Waals surface area contributed by atoms with Gasteiger partial charge in [0.25, 0.3) is 0 Å². The topological polar surface area (TPSA) is 124 Å². The Morgan fingerprint density at radius 2 is 1.60 bits per heavy atom. The summed E-state index contributed by atoms with van der Waals surface area (Å²) in [5, 5.41) is 26.5. The van der Waals surface area contributed by atoms with Crippen LogP contribution in [0.5, 0.6) is 0 Å². The standard InChI is InChI=1S/C28H22F3NO7S/c1-2-39-25(35)21-19(18-13-8-14-40-18)22(32(37)38)20(15-9-4-3-5-10-15)26(27(21,36)28(29,30)31)23(33)16-11-6-7-12-17(16)24(26)34/h3-14,19-22,36H,2H2,1H3/t19-,20+,21-,22-,27+/m1/s1. The zero-order chi connectivity index (χ0) is 29.0. The number of thiophene rings is 1. The van der Waals surface area contributed by atoms with Gasteiger partial charge in [-0.3, -0.25) is 24.5 Å². The number of ether oxygens (including phenoxy) is 1. The van der Waals surface area contributed by atoms with Crippen LogP contribution in [0.2, 0.25) is 0 Å². The van der Waals surface area contributed by atoms with Gasteiger partial charge in [0.2, 0.25) is 6.04 Å². The second kappa shape index (κ2) is 9.63. The van der Waals surface area contributed by atoms with Crippen LogP contribution in [0.4, 0.5) is 13.2 Å². The quantitative estimate of drug-likeness (QED) is 0.201. The van der Waals surface area contributed by atoms with E-state index < -0.39 is 81.2 Å². The summed E-state index contributed by atoms with van der Waals surface area (Å²) in [6.07, 6.45) is -5.79. The van der Waals surface area contributed by atoms with Crippen LogP contribution < -0.4 is 0 Å². The molecule has 208 valence electrons. The lowest BCUT2D eigenvalue weighted by Gasteiger charge is -2.56. The molecule has 0 amide bonds. The fourth-order valence-corrected chi connectivity index (χ4v) is 7.47. The Balaban J connectivity index is 1.99. The molecule has 40 heavy (non-hydrogen) atoms. The van der Waals surface area contributed by atoms with Crippen LogP contribution in [0.3, 0.4) is 0 Å². The lowest BCUT2D eigenvalue weighted by Crippen LogP contribution is -2.76. The van der Waals surface area contributed by atoms with E-state index in [1.807, 2.05) is 0 Å². The first-order valence-electron chi connectivity index (χ1n) is 12.3. The summed E-state index contributed by atoms with van der Waals surface area (Å²) in [6.45, 7) is 0.906. The summed E-state index contributed by atoms with van der Waals surface area (Å²) in [5.41, 5.74) is -8.86. The van der Waals surface area contributed by atoms with Crippen LogP contribution in [-0.4, -0.2) is 52.0 Å². The molecule has 12 heteroatoms. The number of nitrogens with zero attached hydrogens (tertiary/aromatic N) is 1. The number of halogens is 3. The number of esters is 1. The number of carbonyl (C=O) groups excluding carboxylic acids is 3. The molecule has 0 radical (unpaired) electrons. The van der Waals surface area contributed by atoms with Crippen molar-refractivity contribution in [1.82, 2.24) is 0 Å². The Morgan fingerprint density at radius 3 is 2.08 bits per heavy atom. The van der Waals surface area contributed by atoms with Gasteiger partial charge >= 0.3 is 12.1 Å². The van der Waals surface area contributed by atoms with E-state index in [4.69, 9.17) is 4.74 Å². The predicted octanol–water partition coefficient (Wildman–Crippen LogP) is 4.81. The number of carbonyl (C=O) groups is 3. The van der Waals surface area contributed by atoms with Crippen LogP contribution in [0, 0.1) is 21.4 Å². The molecule has 1 saturated carbocycles. The monoisotopic (exact) mass is 573 g/mol. The number of Topliss-reactive ketones (excluding diaryl/α,β-unsaturated/α-hetero) is 2. The highest BCUT2D eigenvalue weighted by Crippen LogP contribution is 2.68. The highest BCUT2D eigenvalue weighted by Gasteiger charge is 2.87. The Bertz CT molecular complexity index is 1460. The Kier molecular flexibility index (Phi) is 6.66. The molecule has 1 aromatic heterocycles. The van der Waals surface area contributed by atoms with Gasteiger partial charge in [-0.25, -0.2) is 0 Å². The van der Waals surface area contributed by atoms with Gasteiger partial charge in [0, 0.05) is 20.9 Å². The van der Waals surface area contributed by atoms with Crippen molar-refractivity contribution < 1.29 is 42.3 Å². The first-order chi connectivity index (χ1) is 18.9. The van der Waals surface area contributed by atoms with Crippen molar-refractivity contribution in [3.8, 4) is 0 Å². The largest absolute Gasteiger partial charge is 0.466 e. The van der Waals surface area contributed by atoms with E-state index >= 15 is 13.2 Å². The number of ketones is 2. The second-order valence-electron chi connectivity index (χ2n) is 9.71. The van der Waals surface area contributed by atoms with Crippen LogP contribution in [-0.2, 0) is 9.53 Å². The summed E-state index contributed by atoms with van der Waals surface area (Å²) >= 11 is 0.858. The molecular weight excluding hydrogens is 551 g/mol. The van der Waals surface area contributed by atoms with Crippen LogP contribution in [0.25, 0.3) is 0 Å².